The zero-order valence-electron chi connectivity index (χ0n) is 9.96. The highest BCUT2D eigenvalue weighted by molar-refractivity contribution is 5.85. The molecule has 0 bridgehead atoms. The Morgan fingerprint density at radius 1 is 1.40 bits per heavy atom. The van der Waals surface area contributed by atoms with Crippen molar-refractivity contribution in [3.63, 3.8) is 0 Å². The van der Waals surface area contributed by atoms with Crippen molar-refractivity contribution in [2.75, 3.05) is 33.7 Å². The Morgan fingerprint density at radius 3 is 2.47 bits per heavy atom. The summed E-state index contributed by atoms with van der Waals surface area (Å²) in [6.45, 7) is 5.03. The lowest BCUT2D eigenvalue weighted by Gasteiger charge is -2.20. The highest BCUT2D eigenvalue weighted by Crippen LogP contribution is 1.98. The van der Waals surface area contributed by atoms with Gasteiger partial charge in [-0.25, -0.2) is 0 Å². The molecule has 0 aromatic rings. The fourth-order valence-electron chi connectivity index (χ4n) is 1.32. The maximum atomic E-state index is 11.7. The third kappa shape index (κ3) is 5.37. The third-order valence-corrected chi connectivity index (χ3v) is 2.06. The average Bonchev–Trinajstić information content (AvgIpc) is 2.17. The molecule has 0 aliphatic heterocycles. The molecular formula is C10H21N3O2. The van der Waals surface area contributed by atoms with E-state index in [0.29, 0.717) is 13.1 Å². The molecule has 88 valence electrons. The van der Waals surface area contributed by atoms with Gasteiger partial charge in [-0.2, -0.15) is 0 Å². The number of nitrogens with one attached hydrogen (secondary N) is 2. The number of hydrogen-bond donors (Lipinski definition) is 2. The van der Waals surface area contributed by atoms with Crippen LogP contribution in [0.1, 0.15) is 13.8 Å². The number of rotatable bonds is 6. The van der Waals surface area contributed by atoms with Gasteiger partial charge in [0.15, 0.2) is 0 Å². The molecule has 0 aliphatic rings. The molecule has 0 saturated heterocycles. The minimum absolute atomic E-state index is 0.0180. The van der Waals surface area contributed by atoms with Gasteiger partial charge < -0.3 is 15.5 Å². The monoisotopic (exact) mass is 215 g/mol. The molecule has 0 heterocycles. The van der Waals surface area contributed by atoms with Crippen LogP contribution in [-0.2, 0) is 9.59 Å². The second-order valence-electron chi connectivity index (χ2n) is 3.61. The van der Waals surface area contributed by atoms with Gasteiger partial charge in [0, 0.05) is 26.1 Å². The van der Waals surface area contributed by atoms with Gasteiger partial charge in [-0.3, -0.25) is 9.59 Å². The summed E-state index contributed by atoms with van der Waals surface area (Å²) in [5.41, 5.74) is 0. The Bertz CT molecular complexity index is 219. The summed E-state index contributed by atoms with van der Waals surface area (Å²) in [5.74, 6) is -0.241. The van der Waals surface area contributed by atoms with Crippen molar-refractivity contribution >= 4 is 11.8 Å². The van der Waals surface area contributed by atoms with Gasteiger partial charge in [0.1, 0.15) is 0 Å². The second kappa shape index (κ2) is 7.23. The molecule has 0 saturated carbocycles. The van der Waals surface area contributed by atoms with E-state index < -0.39 is 0 Å². The minimum atomic E-state index is -0.120. The van der Waals surface area contributed by atoms with Crippen LogP contribution in [0.5, 0.6) is 0 Å². The molecule has 0 rings (SSSR count). The summed E-state index contributed by atoms with van der Waals surface area (Å²) in [5, 5.41) is 5.59. The molecule has 0 radical (unpaired) electrons. The van der Waals surface area contributed by atoms with Crippen LogP contribution in [0.15, 0.2) is 0 Å². The maximum Gasteiger partial charge on any atom is 0.239 e. The van der Waals surface area contributed by atoms with E-state index in [2.05, 4.69) is 10.6 Å². The minimum Gasteiger partial charge on any atom is -0.355 e. The number of amides is 2. The van der Waals surface area contributed by atoms with Crippen molar-refractivity contribution in [2.45, 2.75) is 13.8 Å². The molecule has 2 N–H and O–H groups in total. The lowest BCUT2D eigenvalue weighted by atomic mass is 10.1. The molecule has 5 heteroatoms. The topological polar surface area (TPSA) is 61.4 Å². The van der Waals surface area contributed by atoms with E-state index >= 15 is 0 Å². The van der Waals surface area contributed by atoms with E-state index in [-0.39, 0.29) is 24.3 Å². The predicted octanol–water partition coefficient (Wildman–Crippen LogP) is -0.564. The highest BCUT2D eigenvalue weighted by atomic mass is 16.2. The Labute approximate surface area is 91.2 Å². The first-order valence-electron chi connectivity index (χ1n) is 5.19. The number of carbonyl (C=O) groups excluding carboxylic acids is 2. The predicted molar refractivity (Wildman–Crippen MR) is 59.4 cm³/mol. The quantitative estimate of drug-likeness (QED) is 0.624. The molecule has 0 aliphatic carbocycles. The van der Waals surface area contributed by atoms with Crippen LogP contribution in [0.2, 0.25) is 0 Å². The van der Waals surface area contributed by atoms with E-state index in [1.165, 1.54) is 4.90 Å². The van der Waals surface area contributed by atoms with E-state index in [1.807, 2.05) is 13.8 Å². The Kier molecular flexibility index (Phi) is 6.70. The van der Waals surface area contributed by atoms with Crippen molar-refractivity contribution in [3.8, 4) is 0 Å². The lowest BCUT2D eigenvalue weighted by Crippen LogP contribution is -2.42. The molecule has 1 atom stereocenters. The van der Waals surface area contributed by atoms with E-state index in [4.69, 9.17) is 0 Å². The molecule has 1 unspecified atom stereocenters. The van der Waals surface area contributed by atoms with Crippen molar-refractivity contribution in [3.05, 3.63) is 0 Å². The second-order valence-corrected chi connectivity index (χ2v) is 3.61. The maximum absolute atomic E-state index is 11.7. The summed E-state index contributed by atoms with van der Waals surface area (Å²) in [6, 6.07) is 0. The highest BCUT2D eigenvalue weighted by Gasteiger charge is 2.18. The molecule has 5 nitrogen and oxygen atoms in total. The zero-order valence-corrected chi connectivity index (χ0v) is 9.96. The fourth-order valence-corrected chi connectivity index (χ4v) is 1.32. The van der Waals surface area contributed by atoms with Gasteiger partial charge in [0.25, 0.3) is 0 Å². The third-order valence-electron chi connectivity index (χ3n) is 2.06. The van der Waals surface area contributed by atoms with Gasteiger partial charge >= 0.3 is 0 Å². The van der Waals surface area contributed by atoms with Gasteiger partial charge in [-0.15, -0.1) is 0 Å². The molecule has 15 heavy (non-hydrogen) atoms. The average molecular weight is 215 g/mol. The van der Waals surface area contributed by atoms with Crippen LogP contribution < -0.4 is 10.6 Å². The van der Waals surface area contributed by atoms with Crippen LogP contribution in [-0.4, -0.2) is 50.4 Å². The summed E-state index contributed by atoms with van der Waals surface area (Å²) in [6.07, 6.45) is 0. The SMILES string of the molecule is CCNC(=O)CN(C)C(=O)C(C)CNC. The molecule has 0 aromatic heterocycles. The van der Waals surface area contributed by atoms with Gasteiger partial charge in [0.2, 0.25) is 11.8 Å². The zero-order chi connectivity index (χ0) is 11.8. The molecule has 2 amide bonds. The van der Waals surface area contributed by atoms with Gasteiger partial charge in [0.05, 0.1) is 6.54 Å². The van der Waals surface area contributed by atoms with Crippen molar-refractivity contribution in [2.24, 2.45) is 5.92 Å². The molecular weight excluding hydrogens is 194 g/mol. The summed E-state index contributed by atoms with van der Waals surface area (Å²) < 4.78 is 0. The van der Waals surface area contributed by atoms with Crippen molar-refractivity contribution < 1.29 is 9.59 Å². The first-order valence-corrected chi connectivity index (χ1v) is 5.19. The Hall–Kier alpha value is -1.10. The Morgan fingerprint density at radius 2 is 2.00 bits per heavy atom. The van der Waals surface area contributed by atoms with Gasteiger partial charge in [-0.05, 0) is 14.0 Å². The summed E-state index contributed by atoms with van der Waals surface area (Å²) in [4.78, 5) is 24.3. The fraction of sp³-hybridized carbons (Fsp3) is 0.800. The summed E-state index contributed by atoms with van der Waals surface area (Å²) >= 11 is 0. The first kappa shape index (κ1) is 13.9. The smallest absolute Gasteiger partial charge is 0.239 e. The number of carbonyl (C=O) groups is 2. The largest absolute Gasteiger partial charge is 0.355 e. The van der Waals surface area contributed by atoms with E-state index in [9.17, 15) is 9.59 Å². The standard InChI is InChI=1S/C10H21N3O2/c1-5-12-9(14)7-13(4)10(15)8(2)6-11-3/h8,11H,5-7H2,1-4H3,(H,12,14). The molecule has 0 aromatic carbocycles. The number of hydrogen-bond acceptors (Lipinski definition) is 3. The van der Waals surface area contributed by atoms with E-state index in [0.717, 1.165) is 0 Å². The van der Waals surface area contributed by atoms with Crippen LogP contribution >= 0.6 is 0 Å². The van der Waals surface area contributed by atoms with Gasteiger partial charge in [-0.1, -0.05) is 6.92 Å². The number of likely N-dealkylation sites (N-methyl/N-ethyl adjacent to an activating group) is 2. The van der Waals surface area contributed by atoms with Crippen molar-refractivity contribution in [1.29, 1.82) is 0 Å². The number of nitrogens with zero attached hydrogens (tertiary/aromatic N) is 1. The Balaban J connectivity index is 4.03. The van der Waals surface area contributed by atoms with Crippen LogP contribution in [0.4, 0.5) is 0 Å². The van der Waals surface area contributed by atoms with Crippen molar-refractivity contribution in [1.82, 2.24) is 15.5 Å². The first-order chi connectivity index (χ1) is 7.02. The van der Waals surface area contributed by atoms with E-state index in [1.54, 1.807) is 14.1 Å². The van der Waals surface area contributed by atoms with Crippen LogP contribution in [0.3, 0.4) is 0 Å². The normalized spacial score (nSPS) is 12.0. The van der Waals surface area contributed by atoms with Crippen LogP contribution in [0.25, 0.3) is 0 Å². The summed E-state index contributed by atoms with van der Waals surface area (Å²) in [7, 11) is 3.44. The lowest BCUT2D eigenvalue weighted by molar-refractivity contribution is -0.137. The van der Waals surface area contributed by atoms with Crippen LogP contribution in [0, 0.1) is 5.92 Å². The molecule has 0 fully saturated rings. The molecule has 0 spiro atoms.